The van der Waals surface area contributed by atoms with Crippen LogP contribution in [0.25, 0.3) is 21.9 Å². The SMILES string of the molecule is CN1CCC(n2cnc3cnc4ccc(I)cc4c32)CC1. The Hall–Kier alpha value is -1.21. The highest BCUT2D eigenvalue weighted by Gasteiger charge is 2.21. The molecule has 1 aliphatic rings. The molecule has 3 heterocycles. The van der Waals surface area contributed by atoms with Crippen LogP contribution in [0.5, 0.6) is 0 Å². The van der Waals surface area contributed by atoms with E-state index in [0.717, 1.165) is 24.1 Å². The largest absolute Gasteiger partial charge is 0.327 e. The molecule has 0 N–H and O–H groups in total. The first-order valence-corrected chi connectivity index (χ1v) is 8.39. The molecule has 1 aromatic carbocycles. The zero-order valence-electron chi connectivity index (χ0n) is 12.0. The van der Waals surface area contributed by atoms with Gasteiger partial charge in [0.1, 0.15) is 5.52 Å². The number of benzene rings is 1. The van der Waals surface area contributed by atoms with Crippen molar-refractivity contribution in [2.24, 2.45) is 0 Å². The highest BCUT2D eigenvalue weighted by molar-refractivity contribution is 14.1. The first kappa shape index (κ1) is 13.5. The van der Waals surface area contributed by atoms with E-state index in [9.17, 15) is 0 Å². The maximum absolute atomic E-state index is 4.58. The standard InChI is InChI=1S/C16H17IN4/c1-20-6-4-12(5-7-20)21-10-19-15-9-18-14-3-2-11(17)8-13(14)16(15)21/h2-3,8-10,12H,4-7H2,1H3. The highest BCUT2D eigenvalue weighted by atomic mass is 127. The molecule has 0 amide bonds. The normalized spacial score (nSPS) is 17.8. The number of fused-ring (bicyclic) bond motifs is 3. The van der Waals surface area contributed by atoms with Crippen LogP contribution in [0.2, 0.25) is 0 Å². The molecular weight excluding hydrogens is 375 g/mol. The number of imidazole rings is 1. The fourth-order valence-electron chi connectivity index (χ4n) is 3.24. The second kappa shape index (κ2) is 5.21. The first-order valence-electron chi connectivity index (χ1n) is 7.32. The Labute approximate surface area is 137 Å². The molecule has 21 heavy (non-hydrogen) atoms. The lowest BCUT2D eigenvalue weighted by molar-refractivity contribution is 0.224. The quantitative estimate of drug-likeness (QED) is 0.595. The van der Waals surface area contributed by atoms with Gasteiger partial charge in [-0.2, -0.15) is 0 Å². The van der Waals surface area contributed by atoms with Crippen molar-refractivity contribution in [3.63, 3.8) is 0 Å². The van der Waals surface area contributed by atoms with E-state index in [1.807, 2.05) is 12.5 Å². The van der Waals surface area contributed by atoms with Crippen LogP contribution in [0.4, 0.5) is 0 Å². The molecule has 0 saturated carbocycles. The Balaban J connectivity index is 1.91. The van der Waals surface area contributed by atoms with Crippen molar-refractivity contribution in [3.8, 4) is 0 Å². The number of halogens is 1. The van der Waals surface area contributed by atoms with Crippen LogP contribution in [0, 0.1) is 3.57 Å². The Kier molecular flexibility index (Phi) is 3.34. The average Bonchev–Trinajstić information content (AvgIpc) is 2.92. The van der Waals surface area contributed by atoms with Crippen molar-refractivity contribution in [1.82, 2.24) is 19.4 Å². The smallest absolute Gasteiger partial charge is 0.107 e. The number of piperidine rings is 1. The van der Waals surface area contributed by atoms with Gasteiger partial charge in [0.25, 0.3) is 0 Å². The molecule has 3 aromatic rings. The maximum Gasteiger partial charge on any atom is 0.107 e. The third kappa shape index (κ3) is 2.32. The van der Waals surface area contributed by atoms with Crippen LogP contribution < -0.4 is 0 Å². The molecule has 0 aliphatic carbocycles. The third-order valence-electron chi connectivity index (χ3n) is 4.44. The van der Waals surface area contributed by atoms with E-state index in [-0.39, 0.29) is 0 Å². The molecule has 108 valence electrons. The minimum absolute atomic E-state index is 0.551. The van der Waals surface area contributed by atoms with E-state index in [1.165, 1.54) is 27.3 Å². The van der Waals surface area contributed by atoms with Gasteiger partial charge in [-0.25, -0.2) is 4.98 Å². The first-order chi connectivity index (χ1) is 10.2. The van der Waals surface area contributed by atoms with Gasteiger partial charge in [0.15, 0.2) is 0 Å². The fourth-order valence-corrected chi connectivity index (χ4v) is 3.73. The Bertz CT molecular complexity index is 802. The summed E-state index contributed by atoms with van der Waals surface area (Å²) in [6, 6.07) is 6.98. The molecule has 0 spiro atoms. The van der Waals surface area contributed by atoms with E-state index < -0.39 is 0 Å². The Morgan fingerprint density at radius 3 is 2.76 bits per heavy atom. The van der Waals surface area contributed by atoms with E-state index in [2.05, 4.69) is 67.3 Å². The number of pyridine rings is 1. The van der Waals surface area contributed by atoms with Gasteiger partial charge in [-0.05, 0) is 73.8 Å². The lowest BCUT2D eigenvalue weighted by Gasteiger charge is -2.30. The van der Waals surface area contributed by atoms with Gasteiger partial charge in [-0.1, -0.05) is 0 Å². The summed E-state index contributed by atoms with van der Waals surface area (Å²) < 4.78 is 3.62. The molecule has 1 aliphatic heterocycles. The van der Waals surface area contributed by atoms with Gasteiger partial charge in [-0.3, -0.25) is 4.98 Å². The van der Waals surface area contributed by atoms with Gasteiger partial charge in [0.2, 0.25) is 0 Å². The van der Waals surface area contributed by atoms with Crippen LogP contribution in [0.15, 0.2) is 30.7 Å². The molecule has 0 atom stereocenters. The number of rotatable bonds is 1. The minimum atomic E-state index is 0.551. The Morgan fingerprint density at radius 2 is 1.95 bits per heavy atom. The van der Waals surface area contributed by atoms with Crippen LogP contribution in [-0.4, -0.2) is 39.6 Å². The van der Waals surface area contributed by atoms with Crippen molar-refractivity contribution >= 4 is 44.5 Å². The predicted octanol–water partition coefficient (Wildman–Crippen LogP) is 3.46. The molecule has 2 aromatic heterocycles. The number of likely N-dealkylation sites (tertiary alicyclic amines) is 1. The van der Waals surface area contributed by atoms with Gasteiger partial charge >= 0.3 is 0 Å². The molecule has 1 fully saturated rings. The fraction of sp³-hybridized carbons (Fsp3) is 0.375. The molecule has 0 radical (unpaired) electrons. The lowest BCUT2D eigenvalue weighted by Crippen LogP contribution is -2.31. The van der Waals surface area contributed by atoms with Gasteiger partial charge in [0, 0.05) is 15.0 Å². The average molecular weight is 392 g/mol. The second-order valence-corrected chi connectivity index (χ2v) is 7.09. The van der Waals surface area contributed by atoms with Crippen molar-refractivity contribution in [2.75, 3.05) is 20.1 Å². The van der Waals surface area contributed by atoms with E-state index in [1.54, 1.807) is 0 Å². The number of nitrogens with zero attached hydrogens (tertiary/aromatic N) is 4. The summed E-state index contributed by atoms with van der Waals surface area (Å²) in [5, 5.41) is 1.22. The Morgan fingerprint density at radius 1 is 1.14 bits per heavy atom. The maximum atomic E-state index is 4.58. The molecule has 0 bridgehead atoms. The number of hydrogen-bond acceptors (Lipinski definition) is 3. The summed E-state index contributed by atoms with van der Waals surface area (Å²) in [7, 11) is 2.20. The van der Waals surface area contributed by atoms with E-state index in [0.29, 0.717) is 6.04 Å². The summed E-state index contributed by atoms with van der Waals surface area (Å²) in [5.74, 6) is 0. The number of hydrogen-bond donors (Lipinski definition) is 0. The van der Waals surface area contributed by atoms with Crippen LogP contribution >= 0.6 is 22.6 Å². The zero-order valence-corrected chi connectivity index (χ0v) is 14.1. The van der Waals surface area contributed by atoms with Crippen molar-refractivity contribution in [3.05, 3.63) is 34.3 Å². The highest BCUT2D eigenvalue weighted by Crippen LogP contribution is 2.30. The third-order valence-corrected chi connectivity index (χ3v) is 5.11. The topological polar surface area (TPSA) is 34.0 Å². The van der Waals surface area contributed by atoms with E-state index >= 15 is 0 Å². The molecular formula is C16H17IN4. The lowest BCUT2D eigenvalue weighted by atomic mass is 10.0. The molecule has 0 unspecified atom stereocenters. The van der Waals surface area contributed by atoms with Crippen molar-refractivity contribution in [2.45, 2.75) is 18.9 Å². The zero-order chi connectivity index (χ0) is 14.4. The minimum Gasteiger partial charge on any atom is -0.327 e. The monoisotopic (exact) mass is 392 g/mol. The second-order valence-electron chi connectivity index (χ2n) is 5.84. The number of aromatic nitrogens is 3. The van der Waals surface area contributed by atoms with Crippen LogP contribution in [-0.2, 0) is 0 Å². The summed E-state index contributed by atoms with van der Waals surface area (Å²) in [6.45, 7) is 2.32. The summed E-state index contributed by atoms with van der Waals surface area (Å²) in [4.78, 5) is 11.5. The summed E-state index contributed by atoms with van der Waals surface area (Å²) in [6.07, 6.45) is 6.28. The molecule has 5 heteroatoms. The van der Waals surface area contributed by atoms with Gasteiger partial charge in [-0.15, -0.1) is 0 Å². The molecule has 1 saturated heterocycles. The molecule has 4 rings (SSSR count). The van der Waals surface area contributed by atoms with Crippen molar-refractivity contribution < 1.29 is 0 Å². The van der Waals surface area contributed by atoms with Gasteiger partial charge in [0.05, 0.1) is 23.6 Å². The predicted molar refractivity (Wildman–Crippen MR) is 93.5 cm³/mol. The molecule has 4 nitrogen and oxygen atoms in total. The van der Waals surface area contributed by atoms with E-state index in [4.69, 9.17) is 0 Å². The summed E-state index contributed by atoms with van der Waals surface area (Å²) >= 11 is 2.36. The van der Waals surface area contributed by atoms with Crippen LogP contribution in [0.3, 0.4) is 0 Å². The van der Waals surface area contributed by atoms with Crippen LogP contribution in [0.1, 0.15) is 18.9 Å². The van der Waals surface area contributed by atoms with Gasteiger partial charge < -0.3 is 9.47 Å². The summed E-state index contributed by atoms with van der Waals surface area (Å²) in [5.41, 5.74) is 3.30. The van der Waals surface area contributed by atoms with Crippen molar-refractivity contribution in [1.29, 1.82) is 0 Å².